The average Bonchev–Trinajstić information content (AvgIpc) is 2.65. The van der Waals surface area contributed by atoms with Gasteiger partial charge in [-0.3, -0.25) is 0 Å². The fraction of sp³-hybridized carbons (Fsp3) is 0.500. The van der Waals surface area contributed by atoms with Crippen LogP contribution >= 0.6 is 23.1 Å². The minimum Gasteiger partial charge on any atom is -0.311 e. The van der Waals surface area contributed by atoms with Crippen molar-refractivity contribution < 1.29 is 0 Å². The van der Waals surface area contributed by atoms with Crippen LogP contribution in [0.5, 0.6) is 0 Å². The van der Waals surface area contributed by atoms with Gasteiger partial charge in [-0.2, -0.15) is 17.0 Å². The molecule has 0 aliphatic heterocycles. The lowest BCUT2D eigenvalue weighted by molar-refractivity contribution is 0.691. The quantitative estimate of drug-likeness (QED) is 0.838. The summed E-state index contributed by atoms with van der Waals surface area (Å²) in [5, 5.41) is 12.7. The third-order valence-corrected chi connectivity index (χ3v) is 3.87. The van der Waals surface area contributed by atoms with E-state index in [1.54, 1.807) is 11.3 Å². The van der Waals surface area contributed by atoms with E-state index in [4.69, 9.17) is 5.26 Å². The van der Waals surface area contributed by atoms with Gasteiger partial charge in [0.05, 0.1) is 0 Å². The predicted molar refractivity (Wildman–Crippen MR) is 63.7 cm³/mol. The van der Waals surface area contributed by atoms with Gasteiger partial charge >= 0.3 is 0 Å². The number of nitrogens with one attached hydrogen (secondary N) is 1. The van der Waals surface area contributed by atoms with Crippen LogP contribution in [0.2, 0.25) is 0 Å². The summed E-state index contributed by atoms with van der Waals surface area (Å²) in [6.45, 7) is 4.09. The molecule has 0 aliphatic rings. The molecule has 0 bridgehead atoms. The van der Waals surface area contributed by atoms with Crippen LogP contribution in [-0.4, -0.2) is 18.1 Å². The number of thioether (sulfide) groups is 1. The maximum atomic E-state index is 8.64. The Hall–Kier alpha value is -0.500. The Morgan fingerprint density at radius 3 is 3.00 bits per heavy atom. The predicted octanol–water partition coefficient (Wildman–Crippen LogP) is 2.46. The Morgan fingerprint density at radius 1 is 1.64 bits per heavy atom. The van der Waals surface area contributed by atoms with E-state index in [9.17, 15) is 0 Å². The number of thiophene rings is 1. The summed E-state index contributed by atoms with van der Waals surface area (Å²) >= 11 is 3.42. The first-order valence-corrected chi connectivity index (χ1v) is 6.59. The van der Waals surface area contributed by atoms with Crippen LogP contribution in [0.1, 0.15) is 16.7 Å². The SMILES string of the molecule is CSC(C)CNCc1ccc(C#N)s1. The molecule has 1 aromatic heterocycles. The van der Waals surface area contributed by atoms with Crippen molar-refractivity contribution in [2.75, 3.05) is 12.8 Å². The van der Waals surface area contributed by atoms with E-state index in [0.717, 1.165) is 18.0 Å². The molecule has 1 unspecified atom stereocenters. The summed E-state index contributed by atoms with van der Waals surface area (Å²) in [5.41, 5.74) is 0. The van der Waals surface area contributed by atoms with E-state index in [1.165, 1.54) is 4.88 Å². The summed E-state index contributed by atoms with van der Waals surface area (Å²) in [7, 11) is 0. The molecule has 0 aliphatic carbocycles. The highest BCUT2D eigenvalue weighted by molar-refractivity contribution is 7.99. The van der Waals surface area contributed by atoms with Crippen LogP contribution in [0.3, 0.4) is 0 Å². The molecule has 14 heavy (non-hydrogen) atoms. The van der Waals surface area contributed by atoms with Crippen LogP contribution in [0.4, 0.5) is 0 Å². The van der Waals surface area contributed by atoms with Crippen molar-refractivity contribution >= 4 is 23.1 Å². The van der Waals surface area contributed by atoms with Crippen molar-refractivity contribution in [3.8, 4) is 6.07 Å². The van der Waals surface area contributed by atoms with Crippen LogP contribution < -0.4 is 5.32 Å². The zero-order chi connectivity index (χ0) is 10.4. The highest BCUT2D eigenvalue weighted by Gasteiger charge is 2.01. The number of nitriles is 1. The molecule has 4 heteroatoms. The Kier molecular flexibility index (Phi) is 5.02. The fourth-order valence-corrected chi connectivity index (χ4v) is 2.07. The lowest BCUT2D eigenvalue weighted by Gasteiger charge is -2.08. The molecule has 0 fully saturated rings. The second-order valence-electron chi connectivity index (χ2n) is 3.05. The van der Waals surface area contributed by atoms with Crippen LogP contribution in [0.25, 0.3) is 0 Å². The second kappa shape index (κ2) is 6.07. The summed E-state index contributed by atoms with van der Waals surface area (Å²) in [6, 6.07) is 6.03. The van der Waals surface area contributed by atoms with Crippen LogP contribution in [0.15, 0.2) is 12.1 Å². The molecular formula is C10H14N2S2. The monoisotopic (exact) mass is 226 g/mol. The van der Waals surface area contributed by atoms with Crippen molar-refractivity contribution in [1.82, 2.24) is 5.32 Å². The van der Waals surface area contributed by atoms with Crippen LogP contribution in [-0.2, 0) is 6.54 Å². The summed E-state index contributed by atoms with van der Waals surface area (Å²) < 4.78 is 0. The summed E-state index contributed by atoms with van der Waals surface area (Å²) in [5.74, 6) is 0. The Bertz CT molecular complexity index is 314. The summed E-state index contributed by atoms with van der Waals surface area (Å²) in [4.78, 5) is 2.02. The second-order valence-corrected chi connectivity index (χ2v) is 5.50. The number of rotatable bonds is 5. The van der Waals surface area contributed by atoms with Gasteiger partial charge in [-0.1, -0.05) is 6.92 Å². The van der Waals surface area contributed by atoms with Crippen molar-refractivity contribution in [3.63, 3.8) is 0 Å². The minimum atomic E-state index is 0.644. The van der Waals surface area contributed by atoms with Crippen molar-refractivity contribution in [2.45, 2.75) is 18.7 Å². The molecule has 0 radical (unpaired) electrons. The van der Waals surface area contributed by atoms with Crippen molar-refractivity contribution in [3.05, 3.63) is 21.9 Å². The molecule has 1 aromatic rings. The van der Waals surface area contributed by atoms with Gasteiger partial charge in [0.2, 0.25) is 0 Å². The molecule has 1 rings (SSSR count). The maximum absolute atomic E-state index is 8.64. The Labute approximate surface area is 93.3 Å². The Morgan fingerprint density at radius 2 is 2.43 bits per heavy atom. The minimum absolute atomic E-state index is 0.644. The highest BCUT2D eigenvalue weighted by atomic mass is 32.2. The van der Waals surface area contributed by atoms with Gasteiger partial charge in [0.1, 0.15) is 10.9 Å². The normalized spacial score (nSPS) is 12.4. The van der Waals surface area contributed by atoms with Crippen molar-refractivity contribution in [1.29, 1.82) is 5.26 Å². The Balaban J connectivity index is 2.28. The van der Waals surface area contributed by atoms with Gasteiger partial charge in [-0.15, -0.1) is 11.3 Å². The molecule has 2 nitrogen and oxygen atoms in total. The molecule has 0 saturated carbocycles. The highest BCUT2D eigenvalue weighted by Crippen LogP contribution is 2.14. The van der Waals surface area contributed by atoms with E-state index in [-0.39, 0.29) is 0 Å². The zero-order valence-electron chi connectivity index (χ0n) is 8.41. The van der Waals surface area contributed by atoms with E-state index in [0.29, 0.717) is 5.25 Å². The maximum Gasteiger partial charge on any atom is 0.110 e. The number of hydrogen-bond donors (Lipinski definition) is 1. The third-order valence-electron chi connectivity index (χ3n) is 1.91. The molecule has 1 heterocycles. The molecular weight excluding hydrogens is 212 g/mol. The first kappa shape index (κ1) is 11.6. The standard InChI is InChI=1S/C10H14N2S2/c1-8(13-2)6-12-7-10-4-3-9(5-11)14-10/h3-4,8,12H,6-7H2,1-2H3. The van der Waals surface area contributed by atoms with Gasteiger partial charge in [-0.05, 0) is 18.4 Å². The zero-order valence-corrected chi connectivity index (χ0v) is 10.0. The molecule has 76 valence electrons. The molecule has 1 atom stereocenters. The third kappa shape index (κ3) is 3.70. The topological polar surface area (TPSA) is 35.8 Å². The van der Waals surface area contributed by atoms with Gasteiger partial charge in [0, 0.05) is 23.2 Å². The fourth-order valence-electron chi connectivity index (χ4n) is 1.01. The van der Waals surface area contributed by atoms with E-state index < -0.39 is 0 Å². The lowest BCUT2D eigenvalue weighted by Crippen LogP contribution is -2.21. The van der Waals surface area contributed by atoms with E-state index >= 15 is 0 Å². The van der Waals surface area contributed by atoms with Crippen LogP contribution in [0, 0.1) is 11.3 Å². The van der Waals surface area contributed by atoms with Gasteiger partial charge in [0.25, 0.3) is 0 Å². The largest absolute Gasteiger partial charge is 0.311 e. The first-order valence-electron chi connectivity index (χ1n) is 4.48. The first-order chi connectivity index (χ1) is 6.76. The summed E-state index contributed by atoms with van der Waals surface area (Å²) in [6.07, 6.45) is 2.12. The molecule has 0 amide bonds. The molecule has 0 spiro atoms. The van der Waals surface area contributed by atoms with Gasteiger partial charge in [-0.25, -0.2) is 0 Å². The number of nitrogens with zero attached hydrogens (tertiary/aromatic N) is 1. The van der Waals surface area contributed by atoms with Crippen molar-refractivity contribution in [2.24, 2.45) is 0 Å². The average molecular weight is 226 g/mol. The van der Waals surface area contributed by atoms with Gasteiger partial charge in [0.15, 0.2) is 0 Å². The van der Waals surface area contributed by atoms with E-state index in [1.807, 2.05) is 23.9 Å². The molecule has 1 N–H and O–H groups in total. The molecule has 0 aromatic carbocycles. The lowest BCUT2D eigenvalue weighted by atomic mass is 10.4. The number of hydrogen-bond acceptors (Lipinski definition) is 4. The van der Waals surface area contributed by atoms with E-state index in [2.05, 4.69) is 24.6 Å². The van der Waals surface area contributed by atoms with Gasteiger partial charge < -0.3 is 5.32 Å². The molecule has 0 saturated heterocycles. The smallest absolute Gasteiger partial charge is 0.110 e.